The average molecular weight is 264 g/mol. The van der Waals surface area contributed by atoms with Crippen LogP contribution >= 0.6 is 11.3 Å². The van der Waals surface area contributed by atoms with Gasteiger partial charge in [-0.05, 0) is 19.9 Å². The molecule has 0 fully saturated rings. The molecule has 1 aromatic heterocycles. The first-order valence-electron chi connectivity index (χ1n) is 5.73. The molecule has 1 aromatic carbocycles. The number of phenols is 2. The van der Waals surface area contributed by atoms with Crippen molar-refractivity contribution in [2.24, 2.45) is 0 Å². The summed E-state index contributed by atoms with van der Waals surface area (Å²) in [4.78, 5) is 5.49. The Balaban J connectivity index is 2.01. The van der Waals surface area contributed by atoms with E-state index in [4.69, 9.17) is 0 Å². The highest BCUT2D eigenvalue weighted by Gasteiger charge is 2.11. The van der Waals surface area contributed by atoms with Gasteiger partial charge in [0.25, 0.3) is 0 Å². The first-order valence-corrected chi connectivity index (χ1v) is 6.55. The Morgan fingerprint density at radius 1 is 1.39 bits per heavy atom. The number of nitrogens with zero attached hydrogens (tertiary/aromatic N) is 1. The number of nitrogens with one attached hydrogen (secondary N) is 1. The van der Waals surface area contributed by atoms with Crippen molar-refractivity contribution in [2.75, 3.05) is 0 Å². The van der Waals surface area contributed by atoms with E-state index >= 15 is 0 Å². The molecule has 96 valence electrons. The van der Waals surface area contributed by atoms with Gasteiger partial charge in [-0.1, -0.05) is 12.1 Å². The molecule has 1 unspecified atom stereocenters. The number of phenolic OH excluding ortho intramolecular Hbond substituents is 2. The monoisotopic (exact) mass is 264 g/mol. The first-order chi connectivity index (χ1) is 8.58. The summed E-state index contributed by atoms with van der Waals surface area (Å²) in [6.45, 7) is 4.53. The second kappa shape index (κ2) is 5.37. The Hall–Kier alpha value is -1.59. The van der Waals surface area contributed by atoms with Crippen molar-refractivity contribution in [3.05, 3.63) is 39.8 Å². The number of rotatable bonds is 4. The van der Waals surface area contributed by atoms with Crippen LogP contribution < -0.4 is 5.32 Å². The van der Waals surface area contributed by atoms with Gasteiger partial charge in [-0.15, -0.1) is 11.3 Å². The lowest BCUT2D eigenvalue weighted by atomic mass is 10.2. The largest absolute Gasteiger partial charge is 0.504 e. The molecule has 0 bridgehead atoms. The van der Waals surface area contributed by atoms with Crippen molar-refractivity contribution in [1.82, 2.24) is 10.3 Å². The molecule has 0 radical (unpaired) electrons. The second-order valence-electron chi connectivity index (χ2n) is 4.20. The van der Waals surface area contributed by atoms with Crippen LogP contribution in [0.1, 0.15) is 28.4 Å². The lowest BCUT2D eigenvalue weighted by molar-refractivity contribution is 0.396. The first kappa shape index (κ1) is 12.9. The van der Waals surface area contributed by atoms with Gasteiger partial charge in [0.05, 0.1) is 6.04 Å². The van der Waals surface area contributed by atoms with Gasteiger partial charge in [-0.25, -0.2) is 4.98 Å². The van der Waals surface area contributed by atoms with Crippen molar-refractivity contribution in [1.29, 1.82) is 0 Å². The molecule has 1 heterocycles. The molecule has 0 spiro atoms. The number of aromatic nitrogens is 1. The lowest BCUT2D eigenvalue weighted by Gasteiger charge is -2.12. The number of aromatic hydroxyl groups is 2. The van der Waals surface area contributed by atoms with Crippen LogP contribution in [0.25, 0.3) is 0 Å². The molecule has 2 aromatic rings. The van der Waals surface area contributed by atoms with Crippen LogP contribution in [0.4, 0.5) is 0 Å². The fourth-order valence-corrected chi connectivity index (χ4v) is 2.44. The molecule has 1 atom stereocenters. The van der Waals surface area contributed by atoms with Crippen molar-refractivity contribution < 1.29 is 10.2 Å². The zero-order valence-corrected chi connectivity index (χ0v) is 11.2. The van der Waals surface area contributed by atoms with Gasteiger partial charge in [-0.3, -0.25) is 0 Å². The summed E-state index contributed by atoms with van der Waals surface area (Å²) in [7, 11) is 0. The molecule has 0 aliphatic heterocycles. The second-order valence-corrected chi connectivity index (χ2v) is 5.46. The fraction of sp³-hybridized carbons (Fsp3) is 0.308. The van der Waals surface area contributed by atoms with Gasteiger partial charge in [0, 0.05) is 23.2 Å². The molecule has 18 heavy (non-hydrogen) atoms. The molecule has 0 saturated carbocycles. The molecular weight excluding hydrogens is 248 g/mol. The molecule has 2 rings (SSSR count). The third-order valence-electron chi connectivity index (χ3n) is 2.71. The minimum Gasteiger partial charge on any atom is -0.504 e. The molecule has 0 amide bonds. The average Bonchev–Trinajstić information content (AvgIpc) is 2.77. The van der Waals surface area contributed by atoms with Crippen molar-refractivity contribution in [3.63, 3.8) is 0 Å². The summed E-state index contributed by atoms with van der Waals surface area (Å²) < 4.78 is 0. The molecular formula is C13H16N2O2S. The van der Waals surface area contributed by atoms with E-state index in [1.807, 2.05) is 20.0 Å². The van der Waals surface area contributed by atoms with E-state index in [1.165, 1.54) is 10.9 Å². The zero-order valence-electron chi connectivity index (χ0n) is 10.3. The Bertz CT molecular complexity index is 540. The summed E-state index contributed by atoms with van der Waals surface area (Å²) in [5.41, 5.74) is 0.676. The third kappa shape index (κ3) is 2.80. The predicted molar refractivity (Wildman–Crippen MR) is 71.9 cm³/mol. The number of hydrogen-bond donors (Lipinski definition) is 3. The van der Waals surface area contributed by atoms with Crippen LogP contribution in [-0.4, -0.2) is 15.2 Å². The number of thiazole rings is 1. The Morgan fingerprint density at radius 2 is 2.17 bits per heavy atom. The highest BCUT2D eigenvalue weighted by atomic mass is 32.1. The molecule has 0 aliphatic rings. The molecule has 5 heteroatoms. The molecule has 0 saturated heterocycles. The minimum absolute atomic E-state index is 0.0625. The smallest absolute Gasteiger partial charge is 0.161 e. The van der Waals surface area contributed by atoms with Crippen LogP contribution in [0.2, 0.25) is 0 Å². The number of benzene rings is 1. The topological polar surface area (TPSA) is 65.4 Å². The lowest BCUT2D eigenvalue weighted by Crippen LogP contribution is -2.17. The van der Waals surface area contributed by atoms with Gasteiger partial charge >= 0.3 is 0 Å². The Labute approximate surface area is 110 Å². The number of para-hydroxylation sites is 1. The summed E-state index contributed by atoms with van der Waals surface area (Å²) >= 11 is 1.65. The van der Waals surface area contributed by atoms with E-state index in [0.717, 1.165) is 5.01 Å². The number of hydrogen-bond acceptors (Lipinski definition) is 5. The SMILES string of the molecule is Cc1cnc(C(C)NCc2cccc(O)c2O)s1. The van der Waals surface area contributed by atoms with Crippen LogP contribution in [-0.2, 0) is 6.54 Å². The van der Waals surface area contributed by atoms with Gasteiger partial charge in [0.15, 0.2) is 11.5 Å². The van der Waals surface area contributed by atoms with Crippen LogP contribution in [0.5, 0.6) is 11.5 Å². The fourth-order valence-electron chi connectivity index (χ4n) is 1.64. The number of aryl methyl sites for hydroxylation is 1. The third-order valence-corrected chi connectivity index (χ3v) is 3.80. The van der Waals surface area contributed by atoms with Gasteiger partial charge in [0.2, 0.25) is 0 Å². The maximum Gasteiger partial charge on any atom is 0.161 e. The minimum atomic E-state index is -0.0907. The van der Waals surface area contributed by atoms with Crippen LogP contribution in [0.3, 0.4) is 0 Å². The maximum atomic E-state index is 9.68. The quantitative estimate of drug-likeness (QED) is 0.743. The van der Waals surface area contributed by atoms with E-state index in [9.17, 15) is 10.2 Å². The normalized spacial score (nSPS) is 12.6. The zero-order chi connectivity index (χ0) is 13.1. The highest BCUT2D eigenvalue weighted by Crippen LogP contribution is 2.28. The van der Waals surface area contributed by atoms with E-state index in [0.29, 0.717) is 12.1 Å². The van der Waals surface area contributed by atoms with E-state index < -0.39 is 0 Å². The Kier molecular flexibility index (Phi) is 3.84. The molecule has 4 nitrogen and oxygen atoms in total. The summed E-state index contributed by atoms with van der Waals surface area (Å²) in [6, 6.07) is 5.07. The van der Waals surface area contributed by atoms with Crippen LogP contribution in [0.15, 0.2) is 24.4 Å². The van der Waals surface area contributed by atoms with Gasteiger partial charge in [-0.2, -0.15) is 0 Å². The van der Waals surface area contributed by atoms with Crippen LogP contribution in [0, 0.1) is 6.92 Å². The summed E-state index contributed by atoms with van der Waals surface area (Å²) in [6.07, 6.45) is 1.85. The van der Waals surface area contributed by atoms with Crippen molar-refractivity contribution in [2.45, 2.75) is 26.4 Å². The molecule has 0 aliphatic carbocycles. The van der Waals surface area contributed by atoms with E-state index in [1.54, 1.807) is 23.5 Å². The van der Waals surface area contributed by atoms with Gasteiger partial charge < -0.3 is 15.5 Å². The molecule has 3 N–H and O–H groups in total. The summed E-state index contributed by atoms with van der Waals surface area (Å²) in [5, 5.41) is 23.4. The highest BCUT2D eigenvalue weighted by molar-refractivity contribution is 7.11. The Morgan fingerprint density at radius 3 is 2.83 bits per heavy atom. The van der Waals surface area contributed by atoms with E-state index in [-0.39, 0.29) is 17.5 Å². The van der Waals surface area contributed by atoms with Gasteiger partial charge in [0.1, 0.15) is 5.01 Å². The predicted octanol–water partition coefficient (Wildman–Crippen LogP) is 2.71. The standard InChI is InChI=1S/C13H16N2O2S/c1-8-6-15-13(18-8)9(2)14-7-10-4-3-5-11(16)12(10)17/h3-6,9,14,16-17H,7H2,1-2H3. The van der Waals surface area contributed by atoms with E-state index in [2.05, 4.69) is 10.3 Å². The van der Waals surface area contributed by atoms with Crippen molar-refractivity contribution >= 4 is 11.3 Å². The van der Waals surface area contributed by atoms with Crippen molar-refractivity contribution in [3.8, 4) is 11.5 Å². The maximum absolute atomic E-state index is 9.68. The summed E-state index contributed by atoms with van der Waals surface area (Å²) in [5.74, 6) is -0.153.